The topological polar surface area (TPSA) is 107 Å². The molecule has 0 saturated carbocycles. The van der Waals surface area contributed by atoms with Crippen LogP contribution in [0.2, 0.25) is 5.02 Å². The number of carbonyl (C=O) groups is 1. The van der Waals surface area contributed by atoms with E-state index in [9.17, 15) is 9.18 Å². The first-order valence-electron chi connectivity index (χ1n) is 10.3. The minimum atomic E-state index is -0.496. The van der Waals surface area contributed by atoms with Crippen molar-refractivity contribution in [3.8, 4) is 5.75 Å². The highest BCUT2D eigenvalue weighted by atomic mass is 35.5. The van der Waals surface area contributed by atoms with E-state index < -0.39 is 5.82 Å². The summed E-state index contributed by atoms with van der Waals surface area (Å²) in [6, 6.07) is 3.85. The molecule has 0 unspecified atom stereocenters. The van der Waals surface area contributed by atoms with Crippen molar-refractivity contribution >= 4 is 23.1 Å². The van der Waals surface area contributed by atoms with Crippen molar-refractivity contribution in [2.24, 2.45) is 5.73 Å². The predicted octanol–water partition coefficient (Wildman–Crippen LogP) is 3.12. The number of hydrogen-bond acceptors (Lipinski definition) is 7. The molecule has 4 rings (SSSR count). The lowest BCUT2D eigenvalue weighted by atomic mass is 10.1. The van der Waals surface area contributed by atoms with Gasteiger partial charge in [-0.15, -0.1) is 0 Å². The van der Waals surface area contributed by atoms with E-state index in [0.717, 1.165) is 5.56 Å². The van der Waals surface area contributed by atoms with Crippen LogP contribution in [0.5, 0.6) is 5.75 Å². The normalized spacial score (nSPS) is 13.5. The number of nitrogens with two attached hydrogens (primary N) is 1. The second kappa shape index (κ2) is 9.50. The summed E-state index contributed by atoms with van der Waals surface area (Å²) in [7, 11) is 0. The van der Waals surface area contributed by atoms with Crippen LogP contribution < -0.4 is 10.5 Å². The first-order chi connectivity index (χ1) is 15.8. The highest BCUT2D eigenvalue weighted by Gasteiger charge is 2.29. The number of hydrogen-bond donors (Lipinski definition) is 1. The van der Waals surface area contributed by atoms with Gasteiger partial charge in [0, 0.05) is 36.2 Å². The third-order valence-electron chi connectivity index (χ3n) is 5.27. The number of ether oxygens (including phenoxy) is 1. The number of aryl methyl sites for hydroxylation is 2. The fraction of sp³-hybridized carbons (Fsp3) is 0.261. The van der Waals surface area contributed by atoms with Gasteiger partial charge in [0.1, 0.15) is 17.9 Å². The molecule has 0 atom stereocenters. The summed E-state index contributed by atoms with van der Waals surface area (Å²) in [6.07, 6.45) is 5.31. The Labute approximate surface area is 195 Å². The van der Waals surface area contributed by atoms with E-state index in [1.54, 1.807) is 31.1 Å². The van der Waals surface area contributed by atoms with Crippen molar-refractivity contribution in [3.63, 3.8) is 0 Å². The van der Waals surface area contributed by atoms with Gasteiger partial charge in [-0.1, -0.05) is 11.6 Å². The SMILES string of the molecule is Cc1nc(C2=C(N)CN(C(=O)c3ccc(F)cc3OCCc3cncnc3)C2)nc(C)c1Cl. The Morgan fingerprint density at radius 3 is 2.58 bits per heavy atom. The van der Waals surface area contributed by atoms with Gasteiger partial charge in [-0.3, -0.25) is 4.79 Å². The van der Waals surface area contributed by atoms with Crippen LogP contribution in [0.25, 0.3) is 5.57 Å². The molecule has 0 saturated heterocycles. The summed E-state index contributed by atoms with van der Waals surface area (Å²) in [5.74, 6) is -0.209. The molecule has 3 aromatic rings. The number of rotatable bonds is 6. The average molecular weight is 469 g/mol. The van der Waals surface area contributed by atoms with Gasteiger partial charge in [-0.25, -0.2) is 24.3 Å². The van der Waals surface area contributed by atoms with Gasteiger partial charge in [0.2, 0.25) is 0 Å². The molecule has 170 valence electrons. The number of benzene rings is 1. The smallest absolute Gasteiger partial charge is 0.258 e. The van der Waals surface area contributed by atoms with E-state index in [4.69, 9.17) is 22.1 Å². The minimum Gasteiger partial charge on any atom is -0.492 e. The summed E-state index contributed by atoms with van der Waals surface area (Å²) in [4.78, 5) is 31.6. The fourth-order valence-electron chi connectivity index (χ4n) is 3.55. The maximum absolute atomic E-state index is 13.9. The lowest BCUT2D eigenvalue weighted by Crippen LogP contribution is -2.30. The van der Waals surface area contributed by atoms with E-state index in [1.807, 2.05) is 0 Å². The highest BCUT2D eigenvalue weighted by Crippen LogP contribution is 2.28. The largest absolute Gasteiger partial charge is 0.492 e. The maximum atomic E-state index is 13.9. The summed E-state index contributed by atoms with van der Waals surface area (Å²) in [5.41, 5.74) is 9.80. The Kier molecular flexibility index (Phi) is 6.50. The van der Waals surface area contributed by atoms with Gasteiger partial charge in [-0.05, 0) is 31.5 Å². The fourth-order valence-corrected chi connectivity index (χ4v) is 3.63. The molecule has 1 aromatic carbocycles. The van der Waals surface area contributed by atoms with Crippen molar-refractivity contribution in [1.29, 1.82) is 0 Å². The van der Waals surface area contributed by atoms with Gasteiger partial charge >= 0.3 is 0 Å². The van der Waals surface area contributed by atoms with Crippen LogP contribution in [0, 0.1) is 19.7 Å². The van der Waals surface area contributed by atoms with E-state index in [2.05, 4.69) is 19.9 Å². The zero-order valence-electron chi connectivity index (χ0n) is 18.2. The summed E-state index contributed by atoms with van der Waals surface area (Å²) >= 11 is 6.17. The van der Waals surface area contributed by atoms with Crippen molar-refractivity contribution in [1.82, 2.24) is 24.8 Å². The van der Waals surface area contributed by atoms with E-state index in [1.165, 1.54) is 24.5 Å². The van der Waals surface area contributed by atoms with Gasteiger partial charge in [0.05, 0.1) is 41.7 Å². The molecule has 0 bridgehead atoms. The molecule has 3 heterocycles. The van der Waals surface area contributed by atoms with Crippen LogP contribution in [0.4, 0.5) is 4.39 Å². The zero-order valence-corrected chi connectivity index (χ0v) is 18.9. The summed E-state index contributed by atoms with van der Waals surface area (Å²) < 4.78 is 19.7. The van der Waals surface area contributed by atoms with Crippen molar-refractivity contribution in [3.05, 3.63) is 81.8 Å². The Hall–Kier alpha value is -3.59. The quantitative estimate of drug-likeness (QED) is 0.592. The lowest BCUT2D eigenvalue weighted by molar-refractivity contribution is 0.0794. The van der Waals surface area contributed by atoms with Gasteiger partial charge < -0.3 is 15.4 Å². The second-order valence-corrected chi connectivity index (χ2v) is 8.06. The van der Waals surface area contributed by atoms with E-state index in [0.29, 0.717) is 39.9 Å². The van der Waals surface area contributed by atoms with Crippen LogP contribution in [0.1, 0.15) is 33.1 Å². The molecule has 1 aliphatic rings. The Morgan fingerprint density at radius 1 is 1.18 bits per heavy atom. The Balaban J connectivity index is 1.50. The molecule has 1 amide bonds. The molecule has 0 spiro atoms. The van der Waals surface area contributed by atoms with Gasteiger partial charge in [0.15, 0.2) is 5.82 Å². The molecule has 8 nitrogen and oxygen atoms in total. The Morgan fingerprint density at radius 2 is 1.88 bits per heavy atom. The van der Waals surface area contributed by atoms with Crippen LogP contribution in [0.3, 0.4) is 0 Å². The number of carbonyl (C=O) groups excluding carboxylic acids is 1. The molecule has 2 N–H and O–H groups in total. The second-order valence-electron chi connectivity index (χ2n) is 7.68. The minimum absolute atomic E-state index is 0.165. The summed E-state index contributed by atoms with van der Waals surface area (Å²) in [6.45, 7) is 4.25. The van der Waals surface area contributed by atoms with Crippen LogP contribution in [0.15, 0.2) is 42.6 Å². The number of halogens is 2. The number of nitrogens with zero attached hydrogens (tertiary/aromatic N) is 5. The molecular formula is C23H22ClFN6O2. The third kappa shape index (κ3) is 4.93. The predicted molar refractivity (Wildman–Crippen MR) is 121 cm³/mol. The standard InChI is InChI=1S/C23H22ClFN6O2/c1-13-21(24)14(2)30-22(29-13)18-10-31(11-19(18)26)23(32)17-4-3-16(25)7-20(17)33-6-5-15-8-27-12-28-9-15/h3-4,7-9,12H,5-6,10-11,26H2,1-2H3. The zero-order chi connectivity index (χ0) is 23.5. The molecule has 33 heavy (non-hydrogen) atoms. The van der Waals surface area contributed by atoms with Crippen LogP contribution in [-0.4, -0.2) is 50.4 Å². The first kappa shape index (κ1) is 22.6. The van der Waals surface area contributed by atoms with E-state index >= 15 is 0 Å². The molecule has 1 aliphatic heterocycles. The van der Waals surface area contributed by atoms with Crippen molar-refractivity contribution in [2.75, 3.05) is 19.7 Å². The van der Waals surface area contributed by atoms with Gasteiger partial charge in [0.25, 0.3) is 5.91 Å². The number of aromatic nitrogens is 4. The van der Waals surface area contributed by atoms with Crippen molar-refractivity contribution in [2.45, 2.75) is 20.3 Å². The molecule has 10 heteroatoms. The van der Waals surface area contributed by atoms with Crippen molar-refractivity contribution < 1.29 is 13.9 Å². The molecule has 2 aromatic heterocycles. The number of amides is 1. The maximum Gasteiger partial charge on any atom is 0.258 e. The van der Waals surface area contributed by atoms with Gasteiger partial charge in [-0.2, -0.15) is 0 Å². The molecular weight excluding hydrogens is 447 g/mol. The first-order valence-corrected chi connectivity index (χ1v) is 10.7. The van der Waals surface area contributed by atoms with Crippen LogP contribution >= 0.6 is 11.6 Å². The molecule has 0 radical (unpaired) electrons. The molecule has 0 fully saturated rings. The lowest BCUT2D eigenvalue weighted by Gasteiger charge is -2.19. The third-order valence-corrected chi connectivity index (χ3v) is 5.82. The molecule has 0 aliphatic carbocycles. The highest BCUT2D eigenvalue weighted by molar-refractivity contribution is 6.31. The average Bonchev–Trinajstić information content (AvgIpc) is 3.19. The van der Waals surface area contributed by atoms with E-state index in [-0.39, 0.29) is 36.9 Å². The monoisotopic (exact) mass is 468 g/mol. The summed E-state index contributed by atoms with van der Waals surface area (Å²) in [5, 5.41) is 0.499. The van der Waals surface area contributed by atoms with Crippen LogP contribution in [-0.2, 0) is 6.42 Å². The Bertz CT molecular complexity index is 1210.